The van der Waals surface area contributed by atoms with Crippen molar-refractivity contribution in [2.45, 2.75) is 103 Å². The Morgan fingerprint density at radius 3 is 2.33 bits per heavy atom. The van der Waals surface area contributed by atoms with Gasteiger partial charge in [-0.1, -0.05) is 113 Å². The fraction of sp³-hybridized carbons (Fsp3) is 0.487. The fourth-order valence-electron chi connectivity index (χ4n) is 7.61. The summed E-state index contributed by atoms with van der Waals surface area (Å²) >= 11 is 0. The Labute approximate surface area is 243 Å². The van der Waals surface area contributed by atoms with Gasteiger partial charge in [0.25, 0.3) is 0 Å². The molecule has 0 N–H and O–H groups in total. The summed E-state index contributed by atoms with van der Waals surface area (Å²) in [5.41, 5.74) is 8.43. The molecule has 0 amide bonds. The second kappa shape index (κ2) is 14.3. The molecule has 0 saturated heterocycles. The van der Waals surface area contributed by atoms with Gasteiger partial charge in [-0.3, -0.25) is 0 Å². The molecule has 0 aromatic heterocycles. The number of hydrogen-bond acceptors (Lipinski definition) is 0. The van der Waals surface area contributed by atoms with Gasteiger partial charge in [0.2, 0.25) is 0 Å². The lowest BCUT2D eigenvalue weighted by atomic mass is 9.70. The number of hydrogen-bond donors (Lipinski definition) is 0. The quantitative estimate of drug-likeness (QED) is 0.202. The van der Waals surface area contributed by atoms with Crippen LogP contribution in [0.1, 0.15) is 110 Å². The fourth-order valence-corrected chi connectivity index (χ4v) is 7.61. The first-order valence-electron chi connectivity index (χ1n) is 16.1. The van der Waals surface area contributed by atoms with Crippen molar-refractivity contribution in [3.05, 3.63) is 113 Å². The van der Waals surface area contributed by atoms with Crippen LogP contribution in [0.25, 0.3) is 6.08 Å². The van der Waals surface area contributed by atoms with Gasteiger partial charge < -0.3 is 0 Å². The zero-order valence-electron chi connectivity index (χ0n) is 24.7. The molecule has 0 heterocycles. The molecular formula is C39H49F. The van der Waals surface area contributed by atoms with Crippen LogP contribution >= 0.6 is 0 Å². The first-order chi connectivity index (χ1) is 19.6. The highest BCUT2D eigenvalue weighted by Crippen LogP contribution is 2.41. The zero-order valence-corrected chi connectivity index (χ0v) is 24.7. The van der Waals surface area contributed by atoms with Crippen LogP contribution in [0.15, 0.2) is 73.3 Å². The molecule has 1 heteroatoms. The van der Waals surface area contributed by atoms with Crippen LogP contribution in [-0.2, 0) is 25.7 Å². The largest absolute Gasteiger partial charge is 0.207 e. The van der Waals surface area contributed by atoms with Gasteiger partial charge in [-0.2, -0.15) is 0 Å². The highest BCUT2D eigenvalue weighted by Gasteiger charge is 2.29. The molecule has 212 valence electrons. The minimum Gasteiger partial charge on any atom is -0.207 e. The van der Waals surface area contributed by atoms with Crippen molar-refractivity contribution in [1.29, 1.82) is 0 Å². The number of benzene rings is 3. The molecule has 4 atom stereocenters. The van der Waals surface area contributed by atoms with Gasteiger partial charge in [0, 0.05) is 0 Å². The summed E-state index contributed by atoms with van der Waals surface area (Å²) in [6, 6.07) is 23.6. The Kier molecular flexibility index (Phi) is 10.3. The summed E-state index contributed by atoms with van der Waals surface area (Å²) < 4.78 is 13.4. The van der Waals surface area contributed by atoms with Crippen LogP contribution in [0, 0.1) is 23.6 Å². The molecule has 3 aromatic rings. The predicted molar refractivity (Wildman–Crippen MR) is 169 cm³/mol. The van der Waals surface area contributed by atoms with Crippen molar-refractivity contribution < 1.29 is 4.39 Å². The van der Waals surface area contributed by atoms with Gasteiger partial charge in [0.1, 0.15) is 5.82 Å². The number of rotatable bonds is 12. The highest BCUT2D eigenvalue weighted by atomic mass is 19.1. The van der Waals surface area contributed by atoms with Crippen LogP contribution in [0.5, 0.6) is 0 Å². The molecular weight excluding hydrogens is 487 g/mol. The first-order valence-corrected chi connectivity index (χ1v) is 16.1. The third kappa shape index (κ3) is 7.96. The molecule has 0 aliphatic heterocycles. The van der Waals surface area contributed by atoms with E-state index >= 15 is 0 Å². The number of fused-ring (bicyclic) bond motifs is 1. The highest BCUT2D eigenvalue weighted by molar-refractivity contribution is 5.51. The van der Waals surface area contributed by atoms with Crippen LogP contribution in [0.2, 0.25) is 0 Å². The molecule has 0 bridgehead atoms. The molecule has 0 spiro atoms. The lowest BCUT2D eigenvalue weighted by Crippen LogP contribution is -2.23. The zero-order chi connectivity index (χ0) is 27.7. The van der Waals surface area contributed by atoms with E-state index in [1.54, 1.807) is 12.1 Å². The van der Waals surface area contributed by atoms with Crippen molar-refractivity contribution in [3.63, 3.8) is 0 Å². The Morgan fingerprint density at radius 2 is 1.55 bits per heavy atom. The second-order valence-corrected chi connectivity index (χ2v) is 13.0. The maximum absolute atomic E-state index is 13.4. The van der Waals surface area contributed by atoms with E-state index < -0.39 is 0 Å². The summed E-state index contributed by atoms with van der Waals surface area (Å²) in [5, 5.41) is 0. The van der Waals surface area contributed by atoms with Gasteiger partial charge in [-0.05, 0) is 121 Å². The number of halogens is 1. The molecule has 1 saturated carbocycles. The molecule has 2 aliphatic carbocycles. The lowest BCUT2D eigenvalue weighted by Gasteiger charge is -2.34. The average molecular weight is 537 g/mol. The van der Waals surface area contributed by atoms with Gasteiger partial charge >= 0.3 is 0 Å². The number of unbranched alkanes of at least 4 members (excludes halogenated alkanes) is 2. The predicted octanol–water partition coefficient (Wildman–Crippen LogP) is 10.9. The normalized spacial score (nSPS) is 22.6. The van der Waals surface area contributed by atoms with E-state index in [4.69, 9.17) is 0 Å². The minimum absolute atomic E-state index is 0.149. The third-order valence-electron chi connectivity index (χ3n) is 9.97. The Morgan fingerprint density at radius 1 is 0.800 bits per heavy atom. The van der Waals surface area contributed by atoms with E-state index in [1.807, 2.05) is 18.2 Å². The SMILES string of the molecule is C=Cc1ccc2c(c1)CCC(CCc1ccc(F)cc1)C2Cc1ccc(CCCCCC2CCCC(C)C2)cc1. The molecule has 0 radical (unpaired) electrons. The third-order valence-corrected chi connectivity index (χ3v) is 9.97. The maximum atomic E-state index is 13.4. The van der Waals surface area contributed by atoms with Crippen LogP contribution in [-0.4, -0.2) is 0 Å². The standard InChI is InChI=1S/C39H49F/c1-3-30-19-25-38-36(27-30)22-21-35(20-16-32-17-23-37(40)24-18-32)39(38)28-34-14-12-31(13-15-34)9-5-4-6-10-33-11-7-8-29(2)26-33/h3,12-15,17-19,23-25,27,29,33,35,39H,1,4-11,16,20-22,26,28H2,2H3. The van der Waals surface area contributed by atoms with Crippen LogP contribution in [0.4, 0.5) is 4.39 Å². The van der Waals surface area contributed by atoms with Gasteiger partial charge in [0.15, 0.2) is 0 Å². The number of aryl methyl sites for hydroxylation is 3. The molecule has 40 heavy (non-hydrogen) atoms. The molecule has 0 nitrogen and oxygen atoms in total. The molecule has 1 fully saturated rings. The van der Waals surface area contributed by atoms with Crippen molar-refractivity contribution in [2.24, 2.45) is 17.8 Å². The van der Waals surface area contributed by atoms with Crippen molar-refractivity contribution in [2.75, 3.05) is 0 Å². The summed E-state index contributed by atoms with van der Waals surface area (Å²) in [6.45, 7) is 6.43. The van der Waals surface area contributed by atoms with Crippen molar-refractivity contribution in [3.8, 4) is 0 Å². The van der Waals surface area contributed by atoms with Gasteiger partial charge in [-0.15, -0.1) is 0 Å². The van der Waals surface area contributed by atoms with Crippen molar-refractivity contribution in [1.82, 2.24) is 0 Å². The first kappa shape index (κ1) is 28.8. The average Bonchev–Trinajstić information content (AvgIpc) is 2.98. The van der Waals surface area contributed by atoms with Crippen LogP contribution in [0.3, 0.4) is 0 Å². The summed E-state index contributed by atoms with van der Waals surface area (Å²) in [6.07, 6.45) is 20.2. The summed E-state index contributed by atoms with van der Waals surface area (Å²) in [7, 11) is 0. The smallest absolute Gasteiger partial charge is 0.123 e. The van der Waals surface area contributed by atoms with E-state index in [2.05, 4.69) is 56.0 Å². The van der Waals surface area contributed by atoms with E-state index in [1.165, 1.54) is 97.6 Å². The van der Waals surface area contributed by atoms with Crippen molar-refractivity contribution >= 4 is 6.08 Å². The monoisotopic (exact) mass is 536 g/mol. The van der Waals surface area contributed by atoms with Gasteiger partial charge in [-0.25, -0.2) is 4.39 Å². The lowest BCUT2D eigenvalue weighted by molar-refractivity contribution is 0.264. The molecule has 2 aliphatic rings. The van der Waals surface area contributed by atoms with E-state index in [0.29, 0.717) is 11.8 Å². The molecule has 4 unspecified atom stereocenters. The second-order valence-electron chi connectivity index (χ2n) is 13.0. The van der Waals surface area contributed by atoms with E-state index in [9.17, 15) is 4.39 Å². The topological polar surface area (TPSA) is 0 Å². The Balaban J connectivity index is 1.17. The Hall–Kier alpha value is -2.67. The summed E-state index contributed by atoms with van der Waals surface area (Å²) in [5.74, 6) is 2.96. The van der Waals surface area contributed by atoms with E-state index in [0.717, 1.165) is 37.5 Å². The Bertz CT molecular complexity index is 1200. The van der Waals surface area contributed by atoms with Crippen LogP contribution < -0.4 is 0 Å². The van der Waals surface area contributed by atoms with Gasteiger partial charge in [0.05, 0.1) is 0 Å². The molecule has 5 rings (SSSR count). The maximum Gasteiger partial charge on any atom is 0.123 e. The minimum atomic E-state index is -0.149. The molecule has 3 aromatic carbocycles. The van der Waals surface area contributed by atoms with E-state index in [-0.39, 0.29) is 5.82 Å². The summed E-state index contributed by atoms with van der Waals surface area (Å²) in [4.78, 5) is 0.